The number of hydrogen-bond acceptors (Lipinski definition) is 6. The monoisotopic (exact) mass is 684 g/mol. The first-order valence-electron chi connectivity index (χ1n) is 17.1. The van der Waals surface area contributed by atoms with E-state index in [1.807, 2.05) is 116 Å². The molecule has 1 aliphatic rings. The summed E-state index contributed by atoms with van der Waals surface area (Å²) in [5.74, 6) is -1.90. The fourth-order valence-corrected chi connectivity index (χ4v) is 6.46. The van der Waals surface area contributed by atoms with Crippen LogP contribution >= 0.6 is 0 Å². The molecule has 1 aliphatic heterocycles. The van der Waals surface area contributed by atoms with Crippen LogP contribution in [0, 0.1) is 12.7 Å². The predicted octanol–water partition coefficient (Wildman–Crippen LogP) is 8.17. The van der Waals surface area contributed by atoms with Gasteiger partial charge in [-0.2, -0.15) is 5.10 Å². The molecule has 1 amide bonds. The van der Waals surface area contributed by atoms with Crippen LogP contribution in [0.4, 0.5) is 4.39 Å². The highest BCUT2D eigenvalue weighted by atomic mass is 19.1. The summed E-state index contributed by atoms with van der Waals surface area (Å²) in [6.07, 6.45) is 3.62. The van der Waals surface area contributed by atoms with E-state index in [-0.39, 0.29) is 36.7 Å². The molecule has 5 rings (SSSR count). The van der Waals surface area contributed by atoms with E-state index in [0.717, 1.165) is 39.3 Å². The van der Waals surface area contributed by atoms with Crippen LogP contribution < -0.4 is 5.32 Å². The van der Waals surface area contributed by atoms with Gasteiger partial charge in [0.25, 0.3) is 5.91 Å². The number of halogens is 1. The highest BCUT2D eigenvalue weighted by Gasteiger charge is 2.37. The molecule has 2 aromatic carbocycles. The summed E-state index contributed by atoms with van der Waals surface area (Å²) in [5, 5.41) is 7.64. The van der Waals surface area contributed by atoms with Crippen LogP contribution in [-0.2, 0) is 32.6 Å². The van der Waals surface area contributed by atoms with Gasteiger partial charge in [-0.3, -0.25) is 14.3 Å². The van der Waals surface area contributed by atoms with Crippen molar-refractivity contribution in [1.82, 2.24) is 19.7 Å². The first kappa shape index (κ1) is 36.7. The molecule has 0 aliphatic carbocycles. The Morgan fingerprint density at radius 3 is 2.32 bits per heavy atom. The molecule has 0 unspecified atom stereocenters. The summed E-state index contributed by atoms with van der Waals surface area (Å²) in [4.78, 5) is 27.1. The van der Waals surface area contributed by atoms with Gasteiger partial charge in [-0.05, 0) is 90.8 Å². The number of carbonyl (C=O) groups is 2. The van der Waals surface area contributed by atoms with Crippen LogP contribution in [0.25, 0.3) is 28.3 Å². The van der Waals surface area contributed by atoms with E-state index in [1.54, 1.807) is 16.8 Å². The minimum atomic E-state index is -0.955. The van der Waals surface area contributed by atoms with Crippen LogP contribution in [-0.4, -0.2) is 49.8 Å². The molecule has 3 heterocycles. The van der Waals surface area contributed by atoms with Crippen molar-refractivity contribution in [2.24, 2.45) is 7.05 Å². The Morgan fingerprint density at radius 2 is 1.72 bits per heavy atom. The third kappa shape index (κ3) is 8.78. The topological polar surface area (TPSA) is 96.6 Å². The van der Waals surface area contributed by atoms with Crippen molar-refractivity contribution in [3.05, 3.63) is 95.3 Å². The summed E-state index contributed by atoms with van der Waals surface area (Å²) in [5.41, 5.74) is 5.51. The molecule has 4 aromatic rings. The van der Waals surface area contributed by atoms with Gasteiger partial charge in [0.15, 0.2) is 5.79 Å². The van der Waals surface area contributed by atoms with E-state index >= 15 is 0 Å². The number of carbonyl (C=O) groups excluding carboxylic acids is 2. The van der Waals surface area contributed by atoms with E-state index in [1.165, 1.54) is 12.1 Å². The summed E-state index contributed by atoms with van der Waals surface area (Å²) in [7, 11) is 1.87. The average molecular weight is 685 g/mol. The summed E-state index contributed by atoms with van der Waals surface area (Å²) in [6, 6.07) is 17.9. The molecule has 1 N–H and O–H groups in total. The number of benzene rings is 2. The van der Waals surface area contributed by atoms with Gasteiger partial charge in [0.1, 0.15) is 17.1 Å². The van der Waals surface area contributed by atoms with Crippen molar-refractivity contribution in [3.63, 3.8) is 0 Å². The van der Waals surface area contributed by atoms with Crippen LogP contribution in [0.5, 0.6) is 0 Å². The second-order valence-electron chi connectivity index (χ2n) is 14.6. The second kappa shape index (κ2) is 14.7. The first-order chi connectivity index (χ1) is 23.5. The molecule has 2 atom stereocenters. The molecule has 0 spiro atoms. The lowest BCUT2D eigenvalue weighted by Crippen LogP contribution is -2.45. The van der Waals surface area contributed by atoms with Crippen molar-refractivity contribution in [1.29, 1.82) is 0 Å². The minimum absolute atomic E-state index is 0.0931. The average Bonchev–Trinajstić information content (AvgIpc) is 3.54. The molecule has 50 heavy (non-hydrogen) atoms. The van der Waals surface area contributed by atoms with Crippen molar-refractivity contribution in [3.8, 4) is 22.3 Å². The zero-order valence-corrected chi connectivity index (χ0v) is 30.5. The van der Waals surface area contributed by atoms with E-state index in [4.69, 9.17) is 14.2 Å². The van der Waals surface area contributed by atoms with Gasteiger partial charge in [-0.15, -0.1) is 0 Å². The third-order valence-corrected chi connectivity index (χ3v) is 8.43. The summed E-state index contributed by atoms with van der Waals surface area (Å²) in [6.45, 7) is 15.5. The third-order valence-electron chi connectivity index (χ3n) is 8.43. The number of amides is 1. The minimum Gasteiger partial charge on any atom is -0.460 e. The number of hydrogen-bond donors (Lipinski definition) is 1. The summed E-state index contributed by atoms with van der Waals surface area (Å²) >= 11 is 0. The Kier molecular flexibility index (Phi) is 10.8. The zero-order chi connectivity index (χ0) is 36.4. The number of esters is 1. The maximum Gasteiger partial charge on any atom is 0.308 e. The fraction of sp³-hybridized carbons (Fsp3) is 0.425. The molecule has 266 valence electrons. The predicted molar refractivity (Wildman–Crippen MR) is 193 cm³/mol. The Morgan fingerprint density at radius 1 is 1.06 bits per heavy atom. The molecule has 0 bridgehead atoms. The van der Waals surface area contributed by atoms with Crippen molar-refractivity contribution >= 4 is 18.0 Å². The number of aromatic nitrogens is 3. The largest absolute Gasteiger partial charge is 0.460 e. The van der Waals surface area contributed by atoms with Gasteiger partial charge in [0.05, 0.1) is 30.9 Å². The van der Waals surface area contributed by atoms with Gasteiger partial charge in [-0.1, -0.05) is 48.5 Å². The number of rotatable bonds is 10. The Labute approximate surface area is 294 Å². The summed E-state index contributed by atoms with van der Waals surface area (Å²) < 4.78 is 36.1. The number of nitrogens with zero attached hydrogens (tertiary/aromatic N) is 3. The Hall–Kier alpha value is -4.54. The van der Waals surface area contributed by atoms with Crippen LogP contribution in [0.3, 0.4) is 0 Å². The molecular formula is C40H49FN4O5. The van der Waals surface area contributed by atoms with E-state index in [0.29, 0.717) is 12.1 Å². The molecule has 9 nitrogen and oxygen atoms in total. The van der Waals surface area contributed by atoms with Gasteiger partial charge in [0, 0.05) is 42.0 Å². The molecule has 10 heteroatoms. The van der Waals surface area contributed by atoms with Crippen molar-refractivity contribution in [2.75, 3.05) is 0 Å². The van der Waals surface area contributed by atoms with Crippen LogP contribution in [0.15, 0.2) is 66.7 Å². The number of ether oxygens (including phenoxy) is 3. The first-order valence-corrected chi connectivity index (χ1v) is 17.1. The fourth-order valence-electron chi connectivity index (χ4n) is 6.46. The normalized spacial score (nSPS) is 17.7. The lowest BCUT2D eigenvalue weighted by atomic mass is 9.94. The molecule has 1 saturated heterocycles. The van der Waals surface area contributed by atoms with Crippen LogP contribution in [0.2, 0.25) is 0 Å². The van der Waals surface area contributed by atoms with Crippen LogP contribution in [0.1, 0.15) is 94.9 Å². The second-order valence-corrected chi connectivity index (χ2v) is 14.6. The number of aryl methyl sites for hydroxylation is 2. The Bertz CT molecular complexity index is 1830. The lowest BCUT2D eigenvalue weighted by molar-refractivity contribution is -0.290. The maximum absolute atomic E-state index is 14.4. The maximum atomic E-state index is 14.4. The lowest BCUT2D eigenvalue weighted by Gasteiger charge is -2.39. The quantitative estimate of drug-likeness (QED) is 0.169. The van der Waals surface area contributed by atoms with Crippen molar-refractivity contribution in [2.45, 2.75) is 104 Å². The van der Waals surface area contributed by atoms with Gasteiger partial charge in [-0.25, -0.2) is 4.39 Å². The van der Waals surface area contributed by atoms with Gasteiger partial charge >= 0.3 is 5.97 Å². The molecule has 0 radical (unpaired) electrons. The zero-order valence-electron chi connectivity index (χ0n) is 30.5. The smallest absolute Gasteiger partial charge is 0.308 e. The SMILES string of the molecule is Cc1cc(CNC(=O)c2c(-c3ccccc3)c(-c3ccc(F)cc3)c(C=C[C@@H]3C[C@H](CC(=O)OC(C)(C)C)OC(C)(C)O3)n2C(C)C)nn1C. The highest BCUT2D eigenvalue weighted by Crippen LogP contribution is 2.43. The Balaban J connectivity index is 1.62. The molecule has 2 aromatic heterocycles. The van der Waals surface area contributed by atoms with E-state index in [9.17, 15) is 14.0 Å². The highest BCUT2D eigenvalue weighted by molar-refractivity contribution is 6.06. The van der Waals surface area contributed by atoms with Crippen molar-refractivity contribution < 1.29 is 28.2 Å². The van der Waals surface area contributed by atoms with E-state index < -0.39 is 23.6 Å². The molecule has 0 saturated carbocycles. The van der Waals surface area contributed by atoms with E-state index in [2.05, 4.69) is 10.4 Å². The standard InChI is InChI=1S/C40H49FN4O5/c1-25(2)45-33(20-19-31-22-32(49-40(7,8)48-31)23-34(46)50-39(4,5)6)35(28-15-17-29(41)18-16-28)36(27-13-11-10-12-14-27)37(45)38(47)42-24-30-21-26(3)44(9)43-30/h10-21,25,31-32H,22-24H2,1-9H3,(H,42,47)/t31-,32-/m1/s1. The number of nitrogens with one attached hydrogen (secondary N) is 1. The van der Waals surface area contributed by atoms with Gasteiger partial charge < -0.3 is 24.1 Å². The molecule has 1 fully saturated rings. The van der Waals surface area contributed by atoms with Gasteiger partial charge in [0.2, 0.25) is 0 Å². The molecular weight excluding hydrogens is 635 g/mol.